The number of aliphatic hydroxyl groups excluding tert-OH is 1. The van der Waals surface area contributed by atoms with Crippen LogP contribution in [0.2, 0.25) is 0 Å². The molecule has 1 aromatic heterocycles. The van der Waals surface area contributed by atoms with E-state index in [2.05, 4.69) is 0 Å². The molecule has 0 aliphatic carbocycles. The summed E-state index contributed by atoms with van der Waals surface area (Å²) in [5.74, 6) is -0.442. The van der Waals surface area contributed by atoms with Crippen molar-refractivity contribution in [1.82, 2.24) is 0 Å². The van der Waals surface area contributed by atoms with Crippen LogP contribution in [-0.2, 0) is 6.54 Å². The molecule has 19 heavy (non-hydrogen) atoms. The van der Waals surface area contributed by atoms with E-state index < -0.39 is 5.82 Å². The van der Waals surface area contributed by atoms with E-state index >= 15 is 0 Å². The topological polar surface area (TPSA) is 47.3 Å². The molecule has 0 aliphatic heterocycles. The molecular formula is C14H13FN2OS. The van der Waals surface area contributed by atoms with Crippen molar-refractivity contribution in [1.29, 1.82) is 5.26 Å². The van der Waals surface area contributed by atoms with Gasteiger partial charge in [0.1, 0.15) is 5.82 Å². The largest absolute Gasteiger partial charge is 0.395 e. The number of thiophene rings is 1. The molecule has 0 amide bonds. The van der Waals surface area contributed by atoms with Crippen LogP contribution in [0, 0.1) is 17.1 Å². The highest BCUT2D eigenvalue weighted by Gasteiger charge is 2.12. The fourth-order valence-corrected chi connectivity index (χ4v) is 2.50. The molecule has 5 heteroatoms. The Morgan fingerprint density at radius 3 is 2.79 bits per heavy atom. The first-order valence-corrected chi connectivity index (χ1v) is 6.75. The van der Waals surface area contributed by atoms with E-state index in [-0.39, 0.29) is 6.61 Å². The number of nitrogens with zero attached hydrogens (tertiary/aromatic N) is 2. The molecule has 0 saturated carbocycles. The van der Waals surface area contributed by atoms with Crippen LogP contribution in [0.15, 0.2) is 35.0 Å². The van der Waals surface area contributed by atoms with Crippen molar-refractivity contribution < 1.29 is 9.50 Å². The molecule has 0 spiro atoms. The zero-order valence-corrected chi connectivity index (χ0v) is 11.0. The van der Waals surface area contributed by atoms with Crippen LogP contribution >= 0.6 is 11.3 Å². The molecule has 0 radical (unpaired) electrons. The minimum absolute atomic E-state index is 0.0520. The van der Waals surface area contributed by atoms with Crippen molar-refractivity contribution in [2.24, 2.45) is 0 Å². The Kier molecular flexibility index (Phi) is 4.50. The zero-order valence-electron chi connectivity index (χ0n) is 10.2. The lowest BCUT2D eigenvalue weighted by atomic mass is 10.2. The third-order valence-electron chi connectivity index (χ3n) is 2.74. The lowest BCUT2D eigenvalue weighted by Crippen LogP contribution is -2.26. The predicted octanol–water partition coefficient (Wildman–Crippen LogP) is 2.76. The summed E-state index contributed by atoms with van der Waals surface area (Å²) in [5, 5.41) is 21.8. The van der Waals surface area contributed by atoms with E-state index in [1.165, 1.54) is 6.07 Å². The number of hydrogen-bond donors (Lipinski definition) is 1. The first kappa shape index (κ1) is 13.5. The van der Waals surface area contributed by atoms with Crippen molar-refractivity contribution in [2.75, 3.05) is 18.1 Å². The Balaban J connectivity index is 2.26. The molecule has 0 fully saturated rings. The summed E-state index contributed by atoms with van der Waals surface area (Å²) >= 11 is 1.58. The number of halogens is 1. The highest BCUT2D eigenvalue weighted by atomic mass is 32.1. The summed E-state index contributed by atoms with van der Waals surface area (Å²) in [7, 11) is 0. The maximum absolute atomic E-state index is 14.0. The summed E-state index contributed by atoms with van der Waals surface area (Å²) < 4.78 is 14.0. The number of nitriles is 1. The Labute approximate surface area is 115 Å². The van der Waals surface area contributed by atoms with Crippen molar-refractivity contribution >= 4 is 17.0 Å². The second kappa shape index (κ2) is 6.32. The number of rotatable bonds is 5. The van der Waals surface area contributed by atoms with Gasteiger partial charge in [0.05, 0.1) is 23.9 Å². The second-order valence-corrected chi connectivity index (χ2v) is 4.83. The first-order chi connectivity index (χ1) is 9.24. The van der Waals surface area contributed by atoms with Gasteiger partial charge in [-0.25, -0.2) is 4.39 Å². The van der Waals surface area contributed by atoms with E-state index in [9.17, 15) is 4.39 Å². The van der Waals surface area contributed by atoms with Crippen molar-refractivity contribution in [3.8, 4) is 6.07 Å². The van der Waals surface area contributed by atoms with E-state index in [0.29, 0.717) is 24.3 Å². The van der Waals surface area contributed by atoms with Gasteiger partial charge in [-0.2, -0.15) is 16.6 Å². The average molecular weight is 276 g/mol. The molecule has 1 N–H and O–H groups in total. The minimum atomic E-state index is -0.442. The predicted molar refractivity (Wildman–Crippen MR) is 73.6 cm³/mol. The molecular weight excluding hydrogens is 263 g/mol. The van der Waals surface area contributed by atoms with Crippen molar-refractivity contribution in [2.45, 2.75) is 6.54 Å². The average Bonchev–Trinajstić information content (AvgIpc) is 2.91. The standard InChI is InChI=1S/C14H13FN2OS/c15-13-7-11(8-16)1-2-14(13)17(4-5-18)9-12-3-6-19-10-12/h1-3,6-7,10,18H,4-5,9H2. The van der Waals surface area contributed by atoms with Crippen LogP contribution in [-0.4, -0.2) is 18.3 Å². The molecule has 1 heterocycles. The van der Waals surface area contributed by atoms with Gasteiger partial charge in [-0.15, -0.1) is 0 Å². The monoisotopic (exact) mass is 276 g/mol. The molecule has 0 unspecified atom stereocenters. The van der Waals surface area contributed by atoms with Crippen molar-refractivity contribution in [3.63, 3.8) is 0 Å². The summed E-state index contributed by atoms with van der Waals surface area (Å²) in [6.45, 7) is 0.828. The van der Waals surface area contributed by atoms with Crippen molar-refractivity contribution in [3.05, 3.63) is 52.0 Å². The summed E-state index contributed by atoms with van der Waals surface area (Å²) in [6.07, 6.45) is 0. The summed E-state index contributed by atoms with van der Waals surface area (Å²) in [5.41, 5.74) is 1.77. The minimum Gasteiger partial charge on any atom is -0.395 e. The molecule has 98 valence electrons. The fourth-order valence-electron chi connectivity index (χ4n) is 1.84. The van der Waals surface area contributed by atoms with Gasteiger partial charge in [0.25, 0.3) is 0 Å². The highest BCUT2D eigenvalue weighted by molar-refractivity contribution is 7.07. The van der Waals surface area contributed by atoms with E-state index in [1.807, 2.05) is 22.9 Å². The molecule has 0 atom stereocenters. The van der Waals surface area contributed by atoms with Gasteiger partial charge in [-0.1, -0.05) is 0 Å². The molecule has 2 aromatic rings. The maximum Gasteiger partial charge on any atom is 0.147 e. The third kappa shape index (κ3) is 3.31. The fraction of sp³-hybridized carbons (Fsp3) is 0.214. The molecule has 1 aromatic carbocycles. The zero-order chi connectivity index (χ0) is 13.7. The molecule has 3 nitrogen and oxygen atoms in total. The van der Waals surface area contributed by atoms with Crippen LogP contribution in [0.5, 0.6) is 0 Å². The normalized spacial score (nSPS) is 10.2. The smallest absolute Gasteiger partial charge is 0.147 e. The Bertz CT molecular complexity index is 578. The van der Waals surface area contributed by atoms with Gasteiger partial charge in [0.2, 0.25) is 0 Å². The summed E-state index contributed by atoms with van der Waals surface area (Å²) in [6, 6.07) is 8.25. The molecule has 0 aliphatic rings. The SMILES string of the molecule is N#Cc1ccc(N(CCO)Cc2ccsc2)c(F)c1. The number of anilines is 1. The van der Waals surface area contributed by atoms with Gasteiger partial charge < -0.3 is 10.0 Å². The molecule has 0 bridgehead atoms. The van der Waals surface area contributed by atoms with Gasteiger partial charge in [0, 0.05) is 13.1 Å². The number of aliphatic hydroxyl groups is 1. The third-order valence-corrected chi connectivity index (χ3v) is 3.47. The quantitative estimate of drug-likeness (QED) is 0.913. The van der Waals surface area contributed by atoms with Gasteiger partial charge in [-0.05, 0) is 40.6 Å². The Morgan fingerprint density at radius 1 is 1.37 bits per heavy atom. The molecule has 0 saturated heterocycles. The maximum atomic E-state index is 14.0. The lowest BCUT2D eigenvalue weighted by molar-refractivity contribution is 0.301. The van der Waals surface area contributed by atoms with E-state index in [4.69, 9.17) is 10.4 Å². The van der Waals surface area contributed by atoms with Gasteiger partial charge >= 0.3 is 0 Å². The highest BCUT2D eigenvalue weighted by Crippen LogP contribution is 2.22. The van der Waals surface area contributed by atoms with Crippen LogP contribution in [0.4, 0.5) is 10.1 Å². The summed E-state index contributed by atoms with van der Waals surface area (Å²) in [4.78, 5) is 1.76. The van der Waals surface area contributed by atoms with E-state index in [1.54, 1.807) is 28.4 Å². The van der Waals surface area contributed by atoms with Crippen LogP contribution in [0.25, 0.3) is 0 Å². The number of hydrogen-bond acceptors (Lipinski definition) is 4. The Morgan fingerprint density at radius 2 is 2.21 bits per heavy atom. The van der Waals surface area contributed by atoms with Crippen LogP contribution in [0.1, 0.15) is 11.1 Å². The van der Waals surface area contributed by atoms with Crippen LogP contribution in [0.3, 0.4) is 0 Å². The van der Waals surface area contributed by atoms with Crippen LogP contribution < -0.4 is 4.90 Å². The second-order valence-electron chi connectivity index (χ2n) is 4.05. The number of benzene rings is 1. The molecule has 2 rings (SSSR count). The van der Waals surface area contributed by atoms with E-state index in [0.717, 1.165) is 5.56 Å². The first-order valence-electron chi connectivity index (χ1n) is 5.81. The lowest BCUT2D eigenvalue weighted by Gasteiger charge is -2.24. The Hall–Kier alpha value is -1.90. The van der Waals surface area contributed by atoms with Gasteiger partial charge in [-0.3, -0.25) is 0 Å². The van der Waals surface area contributed by atoms with Gasteiger partial charge in [0.15, 0.2) is 0 Å².